The number of amides is 1. The van der Waals surface area contributed by atoms with Crippen LogP contribution in [0, 0.1) is 17.0 Å². The van der Waals surface area contributed by atoms with Crippen LogP contribution in [-0.4, -0.2) is 45.6 Å². The van der Waals surface area contributed by atoms with Crippen LogP contribution in [0.5, 0.6) is 0 Å². The van der Waals surface area contributed by atoms with Gasteiger partial charge in [-0.2, -0.15) is 0 Å². The lowest BCUT2D eigenvalue weighted by Gasteiger charge is -2.33. The molecule has 1 fully saturated rings. The largest absolute Gasteiger partial charge is 0.389 e. The van der Waals surface area contributed by atoms with Crippen molar-refractivity contribution in [3.8, 4) is 0 Å². The summed E-state index contributed by atoms with van der Waals surface area (Å²) in [4.78, 5) is 24.7. The lowest BCUT2D eigenvalue weighted by molar-refractivity contribution is -0.384. The monoisotopic (exact) mass is 335 g/mol. The highest BCUT2D eigenvalue weighted by molar-refractivity contribution is 5.92. The van der Waals surface area contributed by atoms with E-state index >= 15 is 0 Å². The van der Waals surface area contributed by atoms with Crippen LogP contribution in [-0.2, 0) is 4.79 Å². The summed E-state index contributed by atoms with van der Waals surface area (Å²) in [6, 6.07) is 4.48. The van der Waals surface area contributed by atoms with E-state index in [0.717, 1.165) is 24.9 Å². The number of nitrogens with zero attached hydrogens (tertiary/aromatic N) is 2. The number of non-ortho nitro benzene ring substituents is 1. The first kappa shape index (κ1) is 18.4. The average Bonchev–Trinajstić information content (AvgIpc) is 2.96. The zero-order valence-electron chi connectivity index (χ0n) is 14.4. The number of rotatable bonds is 6. The number of anilines is 1. The summed E-state index contributed by atoms with van der Waals surface area (Å²) in [6.07, 6.45) is 2.23. The van der Waals surface area contributed by atoms with Crippen LogP contribution < -0.4 is 5.32 Å². The molecular weight excluding hydrogens is 310 g/mol. The van der Waals surface area contributed by atoms with Gasteiger partial charge in [-0.25, -0.2) is 0 Å². The first-order valence-electron chi connectivity index (χ1n) is 8.20. The molecule has 1 atom stereocenters. The van der Waals surface area contributed by atoms with Crippen molar-refractivity contribution in [1.29, 1.82) is 0 Å². The Labute approximate surface area is 141 Å². The summed E-state index contributed by atoms with van der Waals surface area (Å²) in [7, 11) is 0. The van der Waals surface area contributed by atoms with Gasteiger partial charge in [0.1, 0.15) is 0 Å². The van der Waals surface area contributed by atoms with Crippen LogP contribution in [0.1, 0.15) is 38.7 Å². The highest BCUT2D eigenvalue weighted by atomic mass is 16.6. The normalized spacial score (nSPS) is 18.6. The van der Waals surface area contributed by atoms with Gasteiger partial charge in [0.2, 0.25) is 5.91 Å². The van der Waals surface area contributed by atoms with Gasteiger partial charge < -0.3 is 10.4 Å². The van der Waals surface area contributed by atoms with E-state index in [9.17, 15) is 20.0 Å². The molecule has 24 heavy (non-hydrogen) atoms. The molecule has 0 aliphatic carbocycles. The maximum Gasteiger partial charge on any atom is 0.271 e. The predicted molar refractivity (Wildman–Crippen MR) is 92.0 cm³/mol. The maximum atomic E-state index is 12.2. The number of carbonyl (C=O) groups excluding carboxylic acids is 1. The van der Waals surface area contributed by atoms with Gasteiger partial charge in [-0.3, -0.25) is 19.8 Å². The number of nitrogens with one attached hydrogen (secondary N) is 1. The summed E-state index contributed by atoms with van der Waals surface area (Å²) in [5, 5.41) is 23.8. The van der Waals surface area contributed by atoms with Gasteiger partial charge >= 0.3 is 0 Å². The minimum Gasteiger partial charge on any atom is -0.389 e. The van der Waals surface area contributed by atoms with Crippen LogP contribution in [0.4, 0.5) is 11.4 Å². The number of carbonyl (C=O) groups is 1. The Balaban J connectivity index is 1.94. The Bertz CT molecular complexity index is 625. The molecule has 1 aliphatic heterocycles. The minimum atomic E-state index is -0.788. The molecule has 1 amide bonds. The zero-order chi connectivity index (χ0) is 17.9. The molecular formula is C17H25N3O4. The van der Waals surface area contributed by atoms with Crippen molar-refractivity contribution in [2.45, 2.75) is 51.7 Å². The highest BCUT2D eigenvalue weighted by Crippen LogP contribution is 2.27. The third kappa shape index (κ3) is 4.52. The van der Waals surface area contributed by atoms with Crippen LogP contribution in [0.2, 0.25) is 0 Å². The van der Waals surface area contributed by atoms with E-state index in [2.05, 4.69) is 10.2 Å². The van der Waals surface area contributed by atoms with Gasteiger partial charge in [0.15, 0.2) is 0 Å². The van der Waals surface area contributed by atoms with Crippen LogP contribution in [0.3, 0.4) is 0 Å². The first-order chi connectivity index (χ1) is 11.2. The van der Waals surface area contributed by atoms with Gasteiger partial charge in [-0.05, 0) is 45.7 Å². The Morgan fingerprint density at radius 3 is 2.83 bits per heavy atom. The maximum absolute atomic E-state index is 12.2. The van der Waals surface area contributed by atoms with Gasteiger partial charge in [0, 0.05) is 31.1 Å². The lowest BCUT2D eigenvalue weighted by atomic mass is 9.96. The molecule has 1 aliphatic rings. The molecule has 1 saturated heterocycles. The van der Waals surface area contributed by atoms with Crippen LogP contribution >= 0.6 is 0 Å². The second-order valence-corrected chi connectivity index (χ2v) is 6.90. The fourth-order valence-corrected chi connectivity index (χ4v) is 3.21. The van der Waals surface area contributed by atoms with Gasteiger partial charge in [0.25, 0.3) is 5.69 Å². The number of nitro benzene ring substituents is 1. The molecule has 1 unspecified atom stereocenters. The highest BCUT2D eigenvalue weighted by Gasteiger charge is 2.35. The van der Waals surface area contributed by atoms with Crippen molar-refractivity contribution in [2.24, 2.45) is 0 Å². The minimum absolute atomic E-state index is 0.0439. The number of hydrogen-bond donors (Lipinski definition) is 2. The summed E-state index contributed by atoms with van der Waals surface area (Å²) in [6.45, 7) is 6.82. The van der Waals surface area contributed by atoms with Crippen molar-refractivity contribution >= 4 is 17.3 Å². The number of nitro groups is 1. The third-order valence-corrected chi connectivity index (χ3v) is 4.51. The summed E-state index contributed by atoms with van der Waals surface area (Å²) < 4.78 is 0. The number of likely N-dealkylation sites (tertiary alicyclic amines) is 1. The fourth-order valence-electron chi connectivity index (χ4n) is 3.21. The topological polar surface area (TPSA) is 95.7 Å². The summed E-state index contributed by atoms with van der Waals surface area (Å²) in [5.74, 6) is -0.181. The third-order valence-electron chi connectivity index (χ3n) is 4.51. The molecule has 1 aromatic rings. The molecule has 0 saturated carbocycles. The Hall–Kier alpha value is -1.99. The van der Waals surface area contributed by atoms with Crippen molar-refractivity contribution < 1.29 is 14.8 Å². The van der Waals surface area contributed by atoms with Gasteiger partial charge in [0.05, 0.1) is 16.2 Å². The van der Waals surface area contributed by atoms with Crippen molar-refractivity contribution in [1.82, 2.24) is 4.90 Å². The molecule has 0 spiro atoms. The zero-order valence-corrected chi connectivity index (χ0v) is 14.4. The Morgan fingerprint density at radius 2 is 2.21 bits per heavy atom. The SMILES string of the molecule is Cc1ccc([N+](=O)[O-])cc1NC(=O)CCN1CCCC1C(C)(C)O. The molecule has 1 aromatic carbocycles. The van der Waals surface area contributed by atoms with Gasteiger partial charge in [-0.15, -0.1) is 0 Å². The number of benzene rings is 1. The number of aliphatic hydroxyl groups is 1. The second-order valence-electron chi connectivity index (χ2n) is 6.90. The van der Waals surface area contributed by atoms with E-state index in [1.165, 1.54) is 12.1 Å². The Morgan fingerprint density at radius 1 is 1.50 bits per heavy atom. The molecule has 7 nitrogen and oxygen atoms in total. The molecule has 0 bridgehead atoms. The molecule has 1 heterocycles. The number of aryl methyl sites for hydroxylation is 1. The molecule has 0 radical (unpaired) electrons. The average molecular weight is 335 g/mol. The van der Waals surface area contributed by atoms with E-state index in [4.69, 9.17) is 0 Å². The van der Waals surface area contributed by atoms with Crippen molar-refractivity contribution in [3.05, 3.63) is 33.9 Å². The van der Waals surface area contributed by atoms with Crippen molar-refractivity contribution in [2.75, 3.05) is 18.4 Å². The fraction of sp³-hybridized carbons (Fsp3) is 0.588. The quantitative estimate of drug-likeness (QED) is 0.615. The lowest BCUT2D eigenvalue weighted by Crippen LogP contribution is -2.46. The molecule has 132 valence electrons. The van der Waals surface area contributed by atoms with Gasteiger partial charge in [-0.1, -0.05) is 6.07 Å². The first-order valence-corrected chi connectivity index (χ1v) is 8.20. The van der Waals surface area contributed by atoms with E-state index in [1.807, 2.05) is 0 Å². The molecule has 7 heteroatoms. The smallest absolute Gasteiger partial charge is 0.271 e. The van der Waals surface area contributed by atoms with Crippen LogP contribution in [0.15, 0.2) is 18.2 Å². The second kappa shape index (κ2) is 7.27. The molecule has 2 rings (SSSR count). The molecule has 2 N–H and O–H groups in total. The van der Waals surface area contributed by atoms with Crippen LogP contribution in [0.25, 0.3) is 0 Å². The van der Waals surface area contributed by atoms with E-state index in [0.29, 0.717) is 12.2 Å². The van der Waals surface area contributed by atoms with E-state index in [1.54, 1.807) is 26.8 Å². The standard InChI is InChI=1S/C17H25N3O4/c1-12-6-7-13(20(23)24)11-14(12)18-16(21)8-10-19-9-4-5-15(19)17(2,3)22/h6-7,11,15,22H,4-5,8-10H2,1-3H3,(H,18,21). The Kier molecular flexibility index (Phi) is 5.56. The van der Waals surface area contributed by atoms with E-state index < -0.39 is 10.5 Å². The predicted octanol–water partition coefficient (Wildman–Crippen LogP) is 2.47. The summed E-state index contributed by atoms with van der Waals surface area (Å²) >= 11 is 0. The van der Waals surface area contributed by atoms with E-state index in [-0.39, 0.29) is 24.1 Å². The summed E-state index contributed by atoms with van der Waals surface area (Å²) in [5.41, 5.74) is 0.417. The van der Waals surface area contributed by atoms with Crippen molar-refractivity contribution in [3.63, 3.8) is 0 Å². The number of hydrogen-bond acceptors (Lipinski definition) is 5. The molecule has 0 aromatic heterocycles.